The van der Waals surface area contributed by atoms with Crippen molar-refractivity contribution >= 4 is 22.0 Å². The van der Waals surface area contributed by atoms with Gasteiger partial charge in [-0.2, -0.15) is 21.6 Å². The molecule has 1 amide bonds. The summed E-state index contributed by atoms with van der Waals surface area (Å²) in [6, 6.07) is 3.82. The molecule has 0 spiro atoms. The highest BCUT2D eigenvalue weighted by molar-refractivity contribution is 7.87. The Morgan fingerprint density at radius 3 is 2.18 bits per heavy atom. The van der Waals surface area contributed by atoms with Crippen LogP contribution in [0, 0.1) is 0 Å². The predicted molar refractivity (Wildman–Crippen MR) is 66.6 cm³/mol. The minimum absolute atomic E-state index is 0.00199. The number of halogens is 3. The van der Waals surface area contributed by atoms with Gasteiger partial charge < -0.3 is 14.6 Å². The zero-order valence-electron chi connectivity index (χ0n) is 10.8. The van der Waals surface area contributed by atoms with E-state index in [1.54, 1.807) is 0 Å². The number of benzene rings is 1. The summed E-state index contributed by atoms with van der Waals surface area (Å²) in [6.45, 7) is -0.130. The van der Waals surface area contributed by atoms with E-state index in [1.165, 1.54) is 0 Å². The molecule has 0 bridgehead atoms. The number of carbonyl (C=O) groups excluding carboxylic acids is 1. The van der Waals surface area contributed by atoms with Crippen LogP contribution >= 0.6 is 0 Å². The van der Waals surface area contributed by atoms with Gasteiger partial charge in [0.2, 0.25) is 0 Å². The van der Waals surface area contributed by atoms with Crippen LogP contribution in [0.2, 0.25) is 0 Å². The summed E-state index contributed by atoms with van der Waals surface area (Å²) in [4.78, 5) is 21.8. The van der Waals surface area contributed by atoms with Crippen LogP contribution in [0.4, 0.5) is 13.2 Å². The first-order valence-corrected chi connectivity index (χ1v) is 7.04. The highest BCUT2D eigenvalue weighted by Crippen LogP contribution is 2.26. The summed E-state index contributed by atoms with van der Waals surface area (Å²) in [5.41, 5.74) is -5.55. The number of alkyl halides is 3. The molecule has 0 unspecified atom stereocenters. The number of hydrogen-bond donors (Lipinski definition) is 2. The standard InChI is InChI=1S/C11H10F3NO6S/c12-11(13,14)22(19,20)21-8-3-1-7(2-4-8)10(18)15-6-5-9(16)17/h1-4H,5-6H2,(H,15,18)(H,16,17). The first-order chi connectivity index (χ1) is 10.0. The highest BCUT2D eigenvalue weighted by atomic mass is 32.2. The third-order valence-corrected chi connectivity index (χ3v) is 3.21. The van der Waals surface area contributed by atoms with Gasteiger partial charge in [-0.25, -0.2) is 0 Å². The Labute approximate surface area is 122 Å². The SMILES string of the molecule is O=C(O)CCNC(=O)c1ccc(OS(=O)(=O)C(F)(F)F)cc1. The van der Waals surface area contributed by atoms with Crippen LogP contribution in [0.3, 0.4) is 0 Å². The number of carboxylic acid groups (broad SMARTS) is 1. The minimum atomic E-state index is -5.77. The van der Waals surface area contributed by atoms with Gasteiger partial charge in [0.15, 0.2) is 0 Å². The molecule has 0 saturated heterocycles. The second kappa shape index (κ2) is 6.64. The second-order valence-corrected chi connectivity index (χ2v) is 5.45. The van der Waals surface area contributed by atoms with E-state index in [4.69, 9.17) is 5.11 Å². The summed E-state index contributed by atoms with van der Waals surface area (Å²) >= 11 is 0. The monoisotopic (exact) mass is 341 g/mol. The molecular weight excluding hydrogens is 331 g/mol. The van der Waals surface area contributed by atoms with E-state index in [1.807, 2.05) is 0 Å². The van der Waals surface area contributed by atoms with Crippen LogP contribution in [0.1, 0.15) is 16.8 Å². The lowest BCUT2D eigenvalue weighted by atomic mass is 10.2. The Bertz CT molecular complexity index is 653. The van der Waals surface area contributed by atoms with Crippen LogP contribution in [-0.4, -0.2) is 37.5 Å². The average Bonchev–Trinajstić information content (AvgIpc) is 2.37. The highest BCUT2D eigenvalue weighted by Gasteiger charge is 2.48. The van der Waals surface area contributed by atoms with E-state index >= 15 is 0 Å². The number of hydrogen-bond acceptors (Lipinski definition) is 5. The van der Waals surface area contributed by atoms with Crippen molar-refractivity contribution in [2.75, 3.05) is 6.54 Å². The van der Waals surface area contributed by atoms with E-state index in [-0.39, 0.29) is 18.5 Å². The Hall–Kier alpha value is -2.30. The quantitative estimate of drug-likeness (QED) is 0.593. The Morgan fingerprint density at radius 1 is 1.18 bits per heavy atom. The van der Waals surface area contributed by atoms with Gasteiger partial charge in [-0.3, -0.25) is 9.59 Å². The molecule has 22 heavy (non-hydrogen) atoms. The van der Waals surface area contributed by atoms with Crippen molar-refractivity contribution in [3.05, 3.63) is 29.8 Å². The van der Waals surface area contributed by atoms with Gasteiger partial charge in [0.25, 0.3) is 5.91 Å². The Balaban J connectivity index is 2.71. The molecule has 0 aliphatic heterocycles. The summed E-state index contributed by atoms with van der Waals surface area (Å²) in [6.07, 6.45) is -0.295. The lowest BCUT2D eigenvalue weighted by Crippen LogP contribution is -2.28. The summed E-state index contributed by atoms with van der Waals surface area (Å²) in [5.74, 6) is -2.38. The summed E-state index contributed by atoms with van der Waals surface area (Å²) in [5, 5.41) is 10.7. The van der Waals surface area contributed by atoms with Crippen LogP contribution in [0.5, 0.6) is 5.75 Å². The summed E-state index contributed by atoms with van der Waals surface area (Å²) in [7, 11) is -5.77. The Morgan fingerprint density at radius 2 is 1.73 bits per heavy atom. The number of aliphatic carboxylic acids is 1. The second-order valence-electron chi connectivity index (χ2n) is 3.91. The molecule has 0 fully saturated rings. The average molecular weight is 341 g/mol. The largest absolute Gasteiger partial charge is 0.534 e. The van der Waals surface area contributed by atoms with Gasteiger partial charge in [-0.15, -0.1) is 0 Å². The van der Waals surface area contributed by atoms with E-state index in [2.05, 4.69) is 9.50 Å². The molecule has 0 radical (unpaired) electrons. The molecule has 0 aromatic heterocycles. The minimum Gasteiger partial charge on any atom is -0.481 e. The molecule has 7 nitrogen and oxygen atoms in total. The van der Waals surface area contributed by atoms with Gasteiger partial charge >= 0.3 is 21.6 Å². The van der Waals surface area contributed by atoms with Crippen molar-refractivity contribution in [1.29, 1.82) is 0 Å². The molecule has 0 aliphatic rings. The fraction of sp³-hybridized carbons (Fsp3) is 0.273. The topological polar surface area (TPSA) is 110 Å². The van der Waals surface area contributed by atoms with E-state index in [0.717, 1.165) is 24.3 Å². The molecule has 0 heterocycles. The van der Waals surface area contributed by atoms with Crippen molar-refractivity contribution in [3.63, 3.8) is 0 Å². The maximum Gasteiger partial charge on any atom is 0.534 e. The molecule has 1 aromatic carbocycles. The third-order valence-electron chi connectivity index (χ3n) is 2.23. The number of carbonyl (C=O) groups is 2. The zero-order chi connectivity index (χ0) is 17.0. The van der Waals surface area contributed by atoms with E-state index in [9.17, 15) is 31.2 Å². The van der Waals surface area contributed by atoms with Gasteiger partial charge in [-0.1, -0.05) is 0 Å². The van der Waals surface area contributed by atoms with Crippen molar-refractivity contribution in [2.45, 2.75) is 11.9 Å². The fourth-order valence-electron chi connectivity index (χ4n) is 1.22. The van der Waals surface area contributed by atoms with Gasteiger partial charge in [0.1, 0.15) is 5.75 Å². The normalized spacial score (nSPS) is 11.8. The molecule has 2 N–H and O–H groups in total. The molecule has 0 atom stereocenters. The van der Waals surface area contributed by atoms with Gasteiger partial charge in [0, 0.05) is 12.1 Å². The maximum absolute atomic E-state index is 12.1. The number of rotatable bonds is 6. The maximum atomic E-state index is 12.1. The molecule has 1 rings (SSSR count). The number of nitrogens with one attached hydrogen (secondary N) is 1. The van der Waals surface area contributed by atoms with Gasteiger partial charge in [-0.05, 0) is 24.3 Å². The third kappa shape index (κ3) is 4.91. The molecule has 0 saturated carbocycles. The molecule has 0 aliphatic carbocycles. The molecule has 1 aromatic rings. The number of amides is 1. The fourth-order valence-corrected chi connectivity index (χ4v) is 1.68. The zero-order valence-corrected chi connectivity index (χ0v) is 11.6. The van der Waals surface area contributed by atoms with E-state index in [0.29, 0.717) is 0 Å². The van der Waals surface area contributed by atoms with Crippen molar-refractivity contribution < 1.29 is 40.5 Å². The lowest BCUT2D eigenvalue weighted by molar-refractivity contribution is -0.136. The van der Waals surface area contributed by atoms with Crippen LogP contribution in [-0.2, 0) is 14.9 Å². The van der Waals surface area contributed by atoms with E-state index < -0.39 is 33.3 Å². The van der Waals surface area contributed by atoms with Gasteiger partial charge in [0.05, 0.1) is 6.42 Å². The first kappa shape index (κ1) is 17.8. The molecule has 122 valence electrons. The lowest BCUT2D eigenvalue weighted by Gasteiger charge is -2.09. The van der Waals surface area contributed by atoms with Crippen LogP contribution in [0.15, 0.2) is 24.3 Å². The van der Waals surface area contributed by atoms with Crippen molar-refractivity contribution in [3.8, 4) is 5.75 Å². The predicted octanol–water partition coefficient (Wildman–Crippen LogP) is 1.12. The van der Waals surface area contributed by atoms with Crippen molar-refractivity contribution in [2.24, 2.45) is 0 Å². The smallest absolute Gasteiger partial charge is 0.481 e. The summed E-state index contributed by atoms with van der Waals surface area (Å²) < 4.78 is 61.7. The van der Waals surface area contributed by atoms with Crippen LogP contribution in [0.25, 0.3) is 0 Å². The van der Waals surface area contributed by atoms with Crippen molar-refractivity contribution in [1.82, 2.24) is 5.32 Å². The Kier molecular flexibility index (Phi) is 5.36. The molecular formula is C11H10F3NO6S. The molecule has 11 heteroatoms. The number of carboxylic acids is 1. The van der Waals surface area contributed by atoms with Crippen LogP contribution < -0.4 is 9.50 Å². The first-order valence-electron chi connectivity index (χ1n) is 5.64.